The summed E-state index contributed by atoms with van der Waals surface area (Å²) in [5.41, 5.74) is -0.440. The molecule has 0 fully saturated rings. The minimum absolute atomic E-state index is 0.326. The number of nitrogens with zero attached hydrogens (tertiary/aromatic N) is 1. The number of carbonyl (C=O) groups is 1. The van der Waals surface area contributed by atoms with E-state index in [0.29, 0.717) is 12.6 Å². The number of hydrogen-bond acceptors (Lipinski definition) is 5. The van der Waals surface area contributed by atoms with Crippen LogP contribution < -0.4 is 10.6 Å². The van der Waals surface area contributed by atoms with E-state index >= 15 is 0 Å². The van der Waals surface area contributed by atoms with Crippen LogP contribution >= 0.6 is 11.8 Å². The molecule has 6 heteroatoms. The number of alkyl carbamates (subject to hydrolysis) is 1. The summed E-state index contributed by atoms with van der Waals surface area (Å²) in [6.07, 6.45) is 2.49. The molecule has 0 aromatic heterocycles. The van der Waals surface area contributed by atoms with Crippen molar-refractivity contribution < 1.29 is 9.53 Å². The van der Waals surface area contributed by atoms with Gasteiger partial charge in [0.05, 0.1) is 6.54 Å². The van der Waals surface area contributed by atoms with Crippen LogP contribution in [0.15, 0.2) is 4.99 Å². The lowest BCUT2D eigenvalue weighted by Crippen LogP contribution is -2.36. The summed E-state index contributed by atoms with van der Waals surface area (Å²) in [5.74, 6) is 0. The molecule has 1 unspecified atom stereocenters. The number of nitrogens with one attached hydrogen (secondary N) is 2. The first kappa shape index (κ1) is 14.2. The summed E-state index contributed by atoms with van der Waals surface area (Å²) in [5, 5.41) is 7.00. The fraction of sp³-hybridized carbons (Fsp3) is 0.818. The topological polar surface area (TPSA) is 62.7 Å². The number of thioether (sulfide) groups is 1. The van der Waals surface area contributed by atoms with Crippen LogP contribution in [0.1, 0.15) is 27.2 Å². The molecular formula is C11H21N3O2S. The van der Waals surface area contributed by atoms with E-state index in [1.807, 2.05) is 27.0 Å². The fourth-order valence-electron chi connectivity index (χ4n) is 1.41. The van der Waals surface area contributed by atoms with E-state index in [-0.39, 0.29) is 6.09 Å². The van der Waals surface area contributed by atoms with Gasteiger partial charge >= 0.3 is 6.09 Å². The van der Waals surface area contributed by atoms with Crippen molar-refractivity contribution in [2.45, 2.75) is 38.8 Å². The largest absolute Gasteiger partial charge is 0.444 e. The highest BCUT2D eigenvalue weighted by molar-refractivity contribution is 8.13. The number of ether oxygens (including phenoxy) is 1. The zero-order valence-corrected chi connectivity index (χ0v) is 11.7. The van der Waals surface area contributed by atoms with Gasteiger partial charge < -0.3 is 15.4 Å². The van der Waals surface area contributed by atoms with E-state index in [2.05, 4.69) is 15.6 Å². The standard InChI is InChI=1S/C11H21N3O2S/c1-11(2,3)16-10(15)12-6-5-8-7-13-9(14-8)17-4/h8H,5-7H2,1-4H3,(H,12,15)(H,13,14). The third kappa shape index (κ3) is 5.81. The molecule has 1 heterocycles. The zero-order valence-electron chi connectivity index (χ0n) is 10.9. The number of carbonyl (C=O) groups excluding carboxylic acids is 1. The Kier molecular flexibility index (Phi) is 5.11. The van der Waals surface area contributed by atoms with E-state index < -0.39 is 5.60 Å². The molecule has 0 bridgehead atoms. The molecule has 0 spiro atoms. The van der Waals surface area contributed by atoms with Crippen molar-refractivity contribution in [3.8, 4) is 0 Å². The van der Waals surface area contributed by atoms with E-state index in [1.54, 1.807) is 11.8 Å². The Hall–Kier alpha value is -0.910. The van der Waals surface area contributed by atoms with Crippen LogP contribution in [0.25, 0.3) is 0 Å². The van der Waals surface area contributed by atoms with Crippen LogP contribution in [0, 0.1) is 0 Å². The summed E-state index contributed by atoms with van der Waals surface area (Å²) < 4.78 is 5.14. The van der Waals surface area contributed by atoms with Crippen LogP contribution in [-0.2, 0) is 4.74 Å². The SMILES string of the molecule is CSC1=NCC(CCNC(=O)OC(C)(C)C)N1. The summed E-state index contributed by atoms with van der Waals surface area (Å²) in [6, 6.07) is 0.326. The second kappa shape index (κ2) is 6.14. The van der Waals surface area contributed by atoms with Crippen LogP contribution in [0.4, 0.5) is 4.79 Å². The Morgan fingerprint density at radius 3 is 2.88 bits per heavy atom. The van der Waals surface area contributed by atoms with Crippen molar-refractivity contribution in [1.29, 1.82) is 0 Å². The van der Waals surface area contributed by atoms with E-state index in [4.69, 9.17) is 4.74 Å². The van der Waals surface area contributed by atoms with Gasteiger partial charge in [0.1, 0.15) is 5.60 Å². The summed E-state index contributed by atoms with van der Waals surface area (Å²) >= 11 is 1.61. The van der Waals surface area contributed by atoms with Gasteiger partial charge in [0.15, 0.2) is 5.17 Å². The smallest absolute Gasteiger partial charge is 0.407 e. The lowest BCUT2D eigenvalue weighted by Gasteiger charge is -2.20. The average Bonchev–Trinajstić information content (AvgIpc) is 2.63. The molecule has 0 aromatic carbocycles. The van der Waals surface area contributed by atoms with Gasteiger partial charge in [0, 0.05) is 12.6 Å². The van der Waals surface area contributed by atoms with Crippen molar-refractivity contribution in [2.75, 3.05) is 19.3 Å². The number of amides is 1. The van der Waals surface area contributed by atoms with Gasteiger partial charge in [0.2, 0.25) is 0 Å². The Morgan fingerprint density at radius 2 is 2.35 bits per heavy atom. The predicted molar refractivity (Wildman–Crippen MR) is 71.6 cm³/mol. The lowest BCUT2D eigenvalue weighted by atomic mass is 10.2. The highest BCUT2D eigenvalue weighted by atomic mass is 32.2. The molecule has 0 aliphatic carbocycles. The molecule has 0 saturated carbocycles. The van der Waals surface area contributed by atoms with Crippen molar-refractivity contribution >= 4 is 23.0 Å². The second-order valence-electron chi connectivity index (χ2n) is 4.91. The Labute approximate surface area is 107 Å². The number of hydrogen-bond donors (Lipinski definition) is 2. The number of amidine groups is 1. The van der Waals surface area contributed by atoms with Crippen LogP contribution in [-0.4, -0.2) is 42.2 Å². The number of aliphatic imine (C=N–C) groups is 1. The molecule has 98 valence electrons. The Morgan fingerprint density at radius 1 is 1.65 bits per heavy atom. The Bertz CT molecular complexity index is 300. The third-order valence-corrected chi connectivity index (χ3v) is 2.77. The van der Waals surface area contributed by atoms with Crippen molar-refractivity contribution in [3.05, 3.63) is 0 Å². The van der Waals surface area contributed by atoms with Gasteiger partial charge in [0.25, 0.3) is 0 Å². The van der Waals surface area contributed by atoms with Gasteiger partial charge in [-0.3, -0.25) is 4.99 Å². The monoisotopic (exact) mass is 259 g/mol. The molecule has 1 aliphatic rings. The molecule has 0 saturated heterocycles. The summed E-state index contributed by atoms with van der Waals surface area (Å²) in [4.78, 5) is 15.7. The Balaban J connectivity index is 2.11. The normalized spacial score (nSPS) is 19.5. The molecular weight excluding hydrogens is 238 g/mol. The molecule has 1 aliphatic heterocycles. The highest BCUT2D eigenvalue weighted by Gasteiger charge is 2.18. The summed E-state index contributed by atoms with van der Waals surface area (Å²) in [6.45, 7) is 6.94. The highest BCUT2D eigenvalue weighted by Crippen LogP contribution is 2.08. The molecule has 17 heavy (non-hydrogen) atoms. The molecule has 5 nitrogen and oxygen atoms in total. The minimum Gasteiger partial charge on any atom is -0.444 e. The molecule has 0 aromatic rings. The van der Waals surface area contributed by atoms with Crippen molar-refractivity contribution in [2.24, 2.45) is 4.99 Å². The quantitative estimate of drug-likeness (QED) is 0.808. The second-order valence-corrected chi connectivity index (χ2v) is 5.70. The lowest BCUT2D eigenvalue weighted by molar-refractivity contribution is 0.0526. The van der Waals surface area contributed by atoms with Crippen LogP contribution in [0.3, 0.4) is 0 Å². The predicted octanol–water partition coefficient (Wildman–Crippen LogP) is 1.59. The summed E-state index contributed by atoms with van der Waals surface area (Å²) in [7, 11) is 0. The molecule has 1 amide bonds. The van der Waals surface area contributed by atoms with E-state index in [9.17, 15) is 4.79 Å². The minimum atomic E-state index is -0.440. The maximum Gasteiger partial charge on any atom is 0.407 e. The average molecular weight is 259 g/mol. The van der Waals surface area contributed by atoms with Crippen LogP contribution in [0.2, 0.25) is 0 Å². The first-order valence-electron chi connectivity index (χ1n) is 5.72. The maximum absolute atomic E-state index is 11.4. The van der Waals surface area contributed by atoms with Crippen molar-refractivity contribution in [1.82, 2.24) is 10.6 Å². The molecule has 2 N–H and O–H groups in total. The first-order valence-corrected chi connectivity index (χ1v) is 6.95. The molecule has 0 radical (unpaired) electrons. The van der Waals surface area contributed by atoms with Gasteiger partial charge in [-0.05, 0) is 33.4 Å². The van der Waals surface area contributed by atoms with E-state index in [1.165, 1.54) is 0 Å². The van der Waals surface area contributed by atoms with Gasteiger partial charge in [-0.15, -0.1) is 0 Å². The molecule has 1 atom stereocenters. The van der Waals surface area contributed by atoms with Gasteiger partial charge in [-0.1, -0.05) is 11.8 Å². The van der Waals surface area contributed by atoms with E-state index in [0.717, 1.165) is 18.1 Å². The third-order valence-electron chi connectivity index (χ3n) is 2.14. The van der Waals surface area contributed by atoms with Crippen molar-refractivity contribution in [3.63, 3.8) is 0 Å². The maximum atomic E-state index is 11.4. The van der Waals surface area contributed by atoms with Crippen LogP contribution in [0.5, 0.6) is 0 Å². The van der Waals surface area contributed by atoms with Gasteiger partial charge in [-0.25, -0.2) is 4.79 Å². The zero-order chi connectivity index (χ0) is 12.9. The van der Waals surface area contributed by atoms with Gasteiger partial charge in [-0.2, -0.15) is 0 Å². The molecule has 1 rings (SSSR count). The first-order chi connectivity index (χ1) is 7.90. The fourth-order valence-corrected chi connectivity index (χ4v) is 1.90. The number of rotatable bonds is 3.